The van der Waals surface area contributed by atoms with E-state index in [9.17, 15) is 14.4 Å². The molecule has 1 amide bonds. The molecule has 0 saturated carbocycles. The highest BCUT2D eigenvalue weighted by molar-refractivity contribution is 7.98. The van der Waals surface area contributed by atoms with Crippen LogP contribution in [0.4, 0.5) is 0 Å². The van der Waals surface area contributed by atoms with Crippen LogP contribution in [0.3, 0.4) is 0 Å². The van der Waals surface area contributed by atoms with Crippen LogP contribution in [0, 0.1) is 0 Å². The maximum atomic E-state index is 11.8. The van der Waals surface area contributed by atoms with E-state index < -0.39 is 36.4 Å². The van der Waals surface area contributed by atoms with Crippen molar-refractivity contribution in [3.8, 4) is 0 Å². The summed E-state index contributed by atoms with van der Waals surface area (Å²) in [5.41, 5.74) is 5.46. The summed E-state index contributed by atoms with van der Waals surface area (Å²) in [6.07, 6.45) is -0.498. The van der Waals surface area contributed by atoms with Crippen molar-refractivity contribution in [2.75, 3.05) is 12.9 Å². The number of carbonyl (C=O) groups is 3. The number of thioether (sulfide) groups is 1. The van der Waals surface area contributed by atoms with Gasteiger partial charge in [-0.2, -0.15) is 11.8 Å². The number of thiophene rings is 1. The van der Waals surface area contributed by atoms with Crippen molar-refractivity contribution in [3.63, 3.8) is 0 Å². The van der Waals surface area contributed by atoms with E-state index >= 15 is 0 Å². The fraction of sp³-hybridized carbons (Fsp3) is 0.462. The number of aliphatic carboxylic acids is 1. The molecule has 0 unspecified atom stereocenters. The second-order valence-electron chi connectivity index (χ2n) is 4.38. The quantitative estimate of drug-likeness (QED) is 0.555. The van der Waals surface area contributed by atoms with E-state index in [0.717, 1.165) is 4.88 Å². The van der Waals surface area contributed by atoms with Crippen LogP contribution >= 0.6 is 23.1 Å². The molecule has 0 fully saturated rings. The smallest absolute Gasteiger partial charge is 0.329 e. The molecule has 1 aromatic heterocycles. The van der Waals surface area contributed by atoms with E-state index in [1.165, 1.54) is 18.9 Å². The molecule has 0 spiro atoms. The normalized spacial score (nSPS) is 13.2. The first kappa shape index (κ1) is 18.5. The summed E-state index contributed by atoms with van der Waals surface area (Å²) in [6, 6.07) is 1.85. The molecule has 0 aliphatic carbocycles. The number of hydrogen-bond donors (Lipinski definition) is 3. The summed E-state index contributed by atoms with van der Waals surface area (Å²) in [7, 11) is 1.22. The predicted molar refractivity (Wildman–Crippen MR) is 84.7 cm³/mol. The lowest BCUT2D eigenvalue weighted by molar-refractivity contribution is -0.144. The van der Waals surface area contributed by atoms with Crippen molar-refractivity contribution in [2.24, 2.45) is 5.73 Å². The fourth-order valence-corrected chi connectivity index (χ4v) is 3.42. The Labute approximate surface area is 136 Å². The monoisotopic (exact) mass is 346 g/mol. The van der Waals surface area contributed by atoms with Crippen LogP contribution in [-0.4, -0.2) is 47.9 Å². The SMILES string of the molecule is COC(=O)[C@H](CSCc1cccs1)NC(=O)[C@@H](N)CC(=O)O. The summed E-state index contributed by atoms with van der Waals surface area (Å²) in [5, 5.41) is 13.0. The predicted octanol–water partition coefficient (Wildman–Crippen LogP) is 0.441. The zero-order valence-electron chi connectivity index (χ0n) is 12.0. The number of carboxylic acid groups (broad SMARTS) is 1. The van der Waals surface area contributed by atoms with Gasteiger partial charge in [0.05, 0.1) is 19.6 Å². The van der Waals surface area contributed by atoms with Gasteiger partial charge in [0.25, 0.3) is 0 Å². The molecule has 22 heavy (non-hydrogen) atoms. The first-order chi connectivity index (χ1) is 10.4. The number of amides is 1. The van der Waals surface area contributed by atoms with Gasteiger partial charge in [0.15, 0.2) is 0 Å². The summed E-state index contributed by atoms with van der Waals surface area (Å²) in [4.78, 5) is 35.2. The molecule has 1 aromatic rings. The minimum absolute atomic E-state index is 0.316. The number of methoxy groups -OCH3 is 1. The van der Waals surface area contributed by atoms with Gasteiger partial charge in [-0.15, -0.1) is 11.3 Å². The third-order valence-electron chi connectivity index (χ3n) is 2.64. The summed E-state index contributed by atoms with van der Waals surface area (Å²) in [6.45, 7) is 0. The number of carboxylic acids is 1. The zero-order chi connectivity index (χ0) is 16.5. The lowest BCUT2D eigenvalue weighted by Crippen LogP contribution is -2.50. The molecule has 0 aromatic carbocycles. The molecule has 7 nitrogen and oxygen atoms in total. The van der Waals surface area contributed by atoms with Gasteiger partial charge in [0, 0.05) is 16.4 Å². The Morgan fingerprint density at radius 1 is 1.50 bits per heavy atom. The van der Waals surface area contributed by atoms with E-state index in [1.54, 1.807) is 11.3 Å². The van der Waals surface area contributed by atoms with E-state index in [1.807, 2.05) is 17.5 Å². The van der Waals surface area contributed by atoms with Crippen LogP contribution in [0.15, 0.2) is 17.5 Å². The number of carbonyl (C=O) groups excluding carboxylic acids is 2. The maximum Gasteiger partial charge on any atom is 0.329 e. The van der Waals surface area contributed by atoms with Crippen molar-refractivity contribution in [3.05, 3.63) is 22.4 Å². The Kier molecular flexibility index (Phi) is 7.92. The second kappa shape index (κ2) is 9.44. The molecule has 0 radical (unpaired) electrons. The number of hydrogen-bond acceptors (Lipinski definition) is 7. The van der Waals surface area contributed by atoms with Crippen molar-refractivity contribution in [1.29, 1.82) is 0 Å². The van der Waals surface area contributed by atoms with Crippen LogP contribution < -0.4 is 11.1 Å². The van der Waals surface area contributed by atoms with Crippen molar-refractivity contribution < 1.29 is 24.2 Å². The molecule has 1 rings (SSSR count). The summed E-state index contributed by atoms with van der Waals surface area (Å²) >= 11 is 3.07. The van der Waals surface area contributed by atoms with Gasteiger partial charge in [0.1, 0.15) is 6.04 Å². The van der Waals surface area contributed by atoms with Crippen LogP contribution in [-0.2, 0) is 24.9 Å². The van der Waals surface area contributed by atoms with Crippen molar-refractivity contribution >= 4 is 40.9 Å². The van der Waals surface area contributed by atoms with Crippen LogP contribution in [0.2, 0.25) is 0 Å². The van der Waals surface area contributed by atoms with Gasteiger partial charge >= 0.3 is 11.9 Å². The van der Waals surface area contributed by atoms with Gasteiger partial charge in [-0.05, 0) is 11.4 Å². The minimum atomic E-state index is -1.20. The van der Waals surface area contributed by atoms with Crippen molar-refractivity contribution in [1.82, 2.24) is 5.32 Å². The lowest BCUT2D eigenvalue weighted by atomic mass is 10.2. The first-order valence-electron chi connectivity index (χ1n) is 6.39. The average molecular weight is 346 g/mol. The Hall–Kier alpha value is -1.58. The molecule has 0 aliphatic rings. The Bertz CT molecular complexity index is 507. The van der Waals surface area contributed by atoms with Gasteiger partial charge in [0.2, 0.25) is 5.91 Å². The van der Waals surface area contributed by atoms with Crippen LogP contribution in [0.5, 0.6) is 0 Å². The molecule has 0 bridgehead atoms. The number of esters is 1. The van der Waals surface area contributed by atoms with Gasteiger partial charge in [-0.1, -0.05) is 6.07 Å². The standard InChI is InChI=1S/C13H18N2O5S2/c1-20-13(19)10(7-21-6-8-3-2-4-22-8)15-12(18)9(14)5-11(16)17/h2-4,9-10H,5-7,14H2,1H3,(H,15,18)(H,16,17)/t9-,10-/m0/s1. The van der Waals surface area contributed by atoms with Crippen molar-refractivity contribution in [2.45, 2.75) is 24.3 Å². The first-order valence-corrected chi connectivity index (χ1v) is 8.43. The van der Waals surface area contributed by atoms with Gasteiger partial charge < -0.3 is 20.9 Å². The summed E-state index contributed by atoms with van der Waals surface area (Å²) < 4.78 is 4.64. The molecular formula is C13H18N2O5S2. The highest BCUT2D eigenvalue weighted by atomic mass is 32.2. The number of rotatable bonds is 9. The molecule has 0 aliphatic heterocycles. The number of nitrogens with two attached hydrogens (primary N) is 1. The second-order valence-corrected chi connectivity index (χ2v) is 6.45. The topological polar surface area (TPSA) is 119 Å². The number of ether oxygens (including phenoxy) is 1. The van der Waals surface area contributed by atoms with Gasteiger partial charge in [-0.3, -0.25) is 9.59 Å². The highest BCUT2D eigenvalue weighted by Crippen LogP contribution is 2.18. The molecule has 9 heteroatoms. The molecule has 1 heterocycles. The van der Waals surface area contributed by atoms with E-state index in [2.05, 4.69) is 10.1 Å². The largest absolute Gasteiger partial charge is 0.481 e. The van der Waals surface area contributed by atoms with E-state index in [0.29, 0.717) is 11.5 Å². The Balaban J connectivity index is 2.51. The number of nitrogens with one attached hydrogen (secondary N) is 1. The molecule has 4 N–H and O–H groups in total. The summed E-state index contributed by atoms with van der Waals surface area (Å²) in [5.74, 6) is -1.42. The van der Waals surface area contributed by atoms with Crippen LogP contribution in [0.1, 0.15) is 11.3 Å². The highest BCUT2D eigenvalue weighted by Gasteiger charge is 2.25. The maximum absolute atomic E-state index is 11.8. The molecule has 122 valence electrons. The Morgan fingerprint density at radius 2 is 2.23 bits per heavy atom. The minimum Gasteiger partial charge on any atom is -0.481 e. The third-order valence-corrected chi connectivity index (χ3v) is 4.79. The van der Waals surface area contributed by atoms with E-state index in [4.69, 9.17) is 10.8 Å². The van der Waals surface area contributed by atoms with Crippen LogP contribution in [0.25, 0.3) is 0 Å². The van der Waals surface area contributed by atoms with E-state index in [-0.39, 0.29) is 0 Å². The lowest BCUT2D eigenvalue weighted by Gasteiger charge is -2.18. The Morgan fingerprint density at radius 3 is 2.77 bits per heavy atom. The molecule has 0 saturated heterocycles. The zero-order valence-corrected chi connectivity index (χ0v) is 13.6. The third kappa shape index (κ3) is 6.46. The van der Waals surface area contributed by atoms with Gasteiger partial charge in [-0.25, -0.2) is 4.79 Å². The molecule has 2 atom stereocenters. The molecular weight excluding hydrogens is 328 g/mol. The fourth-order valence-electron chi connectivity index (χ4n) is 1.54. The average Bonchev–Trinajstić information content (AvgIpc) is 2.97.